The van der Waals surface area contributed by atoms with Gasteiger partial charge in [0.15, 0.2) is 0 Å². The van der Waals surface area contributed by atoms with E-state index in [1.807, 2.05) is 31.2 Å². The van der Waals surface area contributed by atoms with Crippen LogP contribution in [0, 0.1) is 5.92 Å². The fourth-order valence-electron chi connectivity index (χ4n) is 4.01. The van der Waals surface area contributed by atoms with Crippen molar-refractivity contribution in [1.82, 2.24) is 10.3 Å². The molecule has 5 heteroatoms. The zero-order valence-electron chi connectivity index (χ0n) is 14.9. The number of amides is 1. The van der Waals surface area contributed by atoms with Gasteiger partial charge in [0.25, 0.3) is 0 Å². The smallest absolute Gasteiger partial charge is 0.240 e. The minimum absolute atomic E-state index is 0.00977. The van der Waals surface area contributed by atoms with Crippen LogP contribution >= 0.6 is 0 Å². The molecule has 1 N–H and O–H groups in total. The highest BCUT2D eigenvalue weighted by Crippen LogP contribution is 2.28. The number of hydrogen-bond acceptors (Lipinski definition) is 4. The Kier molecular flexibility index (Phi) is 4.75. The molecule has 2 heterocycles. The number of rotatable bonds is 4. The number of benzene rings is 1. The summed E-state index contributed by atoms with van der Waals surface area (Å²) in [6, 6.07) is 8.99. The highest BCUT2D eigenvalue weighted by atomic mass is 16.5. The summed E-state index contributed by atoms with van der Waals surface area (Å²) < 4.78 is 6.18. The molecule has 1 aromatic carbocycles. The van der Waals surface area contributed by atoms with E-state index in [1.54, 1.807) is 0 Å². The Morgan fingerprint density at radius 3 is 2.44 bits per heavy atom. The monoisotopic (exact) mass is 341 g/mol. The van der Waals surface area contributed by atoms with Gasteiger partial charge in [-0.3, -0.25) is 4.79 Å². The number of ether oxygens (including phenoxy) is 1. The van der Waals surface area contributed by atoms with Crippen LogP contribution in [0.2, 0.25) is 0 Å². The molecule has 1 amide bonds. The lowest BCUT2D eigenvalue weighted by atomic mass is 9.90. The molecule has 0 unspecified atom stereocenters. The largest absolute Gasteiger partial charge is 0.490 e. The van der Waals surface area contributed by atoms with Crippen molar-refractivity contribution >= 4 is 11.6 Å². The van der Waals surface area contributed by atoms with Gasteiger partial charge in [-0.1, -0.05) is 13.3 Å². The first-order valence-electron chi connectivity index (χ1n) is 9.56. The van der Waals surface area contributed by atoms with Crippen LogP contribution in [0.3, 0.4) is 0 Å². The van der Waals surface area contributed by atoms with E-state index in [9.17, 15) is 4.79 Å². The molecule has 3 aliphatic rings. The average molecular weight is 341 g/mol. The summed E-state index contributed by atoms with van der Waals surface area (Å²) in [5, 5.41) is 4.22. The Balaban J connectivity index is 1.33. The van der Waals surface area contributed by atoms with Crippen LogP contribution in [0.1, 0.15) is 51.0 Å². The van der Waals surface area contributed by atoms with Gasteiger partial charge in [-0.25, -0.2) is 5.43 Å². The van der Waals surface area contributed by atoms with Gasteiger partial charge in [0.1, 0.15) is 11.9 Å². The fourth-order valence-corrected chi connectivity index (χ4v) is 4.01. The van der Waals surface area contributed by atoms with Crippen LogP contribution in [0.4, 0.5) is 0 Å². The van der Waals surface area contributed by atoms with Gasteiger partial charge < -0.3 is 9.64 Å². The number of carbonyl (C=O) groups excluding carboxylic acids is 1. The molecule has 1 saturated carbocycles. The van der Waals surface area contributed by atoms with Crippen molar-refractivity contribution in [3.63, 3.8) is 0 Å². The van der Waals surface area contributed by atoms with Crippen LogP contribution in [-0.2, 0) is 4.79 Å². The van der Waals surface area contributed by atoms with Crippen molar-refractivity contribution in [2.75, 3.05) is 13.1 Å². The first kappa shape index (κ1) is 16.6. The van der Waals surface area contributed by atoms with Crippen LogP contribution in [0.15, 0.2) is 29.4 Å². The van der Waals surface area contributed by atoms with Gasteiger partial charge in [0.2, 0.25) is 5.91 Å². The van der Waals surface area contributed by atoms with Gasteiger partial charge >= 0.3 is 0 Å². The molecule has 5 nitrogen and oxygen atoms in total. The maximum absolute atomic E-state index is 11.4. The molecule has 0 aromatic heterocycles. The average Bonchev–Trinajstić information content (AvgIpc) is 2.56. The summed E-state index contributed by atoms with van der Waals surface area (Å²) in [5.41, 5.74) is 4.58. The SMILES string of the molecule is C[C@@H]1CC(=O)NN=C1c1ccc(OC2CCN(C3CCC3)CC2)cc1. The van der Waals surface area contributed by atoms with Crippen LogP contribution in [0.25, 0.3) is 0 Å². The Labute approximate surface area is 149 Å². The summed E-state index contributed by atoms with van der Waals surface area (Å²) in [6.07, 6.45) is 7.23. The highest BCUT2D eigenvalue weighted by molar-refractivity contribution is 6.05. The second-order valence-corrected chi connectivity index (χ2v) is 7.60. The molecule has 1 aliphatic carbocycles. The third-order valence-electron chi connectivity index (χ3n) is 5.78. The maximum atomic E-state index is 11.4. The molecule has 2 fully saturated rings. The van der Waals surface area contributed by atoms with E-state index in [0.717, 1.165) is 35.9 Å². The summed E-state index contributed by atoms with van der Waals surface area (Å²) >= 11 is 0. The number of hydrazone groups is 1. The third-order valence-corrected chi connectivity index (χ3v) is 5.78. The lowest BCUT2D eigenvalue weighted by molar-refractivity contribution is -0.121. The normalized spacial score (nSPS) is 25.9. The predicted octanol–water partition coefficient (Wildman–Crippen LogP) is 2.94. The van der Waals surface area contributed by atoms with Crippen molar-refractivity contribution < 1.29 is 9.53 Å². The first-order valence-corrected chi connectivity index (χ1v) is 9.56. The molecule has 1 atom stereocenters. The van der Waals surface area contributed by atoms with Crippen molar-refractivity contribution in [3.8, 4) is 5.75 Å². The summed E-state index contributed by atoms with van der Waals surface area (Å²) in [4.78, 5) is 14.0. The lowest BCUT2D eigenvalue weighted by Crippen LogP contribution is -2.46. The standard InChI is InChI=1S/C20H27N3O2/c1-14-13-19(24)21-22-20(14)15-5-7-17(8-6-15)25-18-9-11-23(12-10-18)16-3-2-4-16/h5-8,14,16,18H,2-4,9-13H2,1H3,(H,21,24)/t14-/m1/s1. The van der Waals surface area contributed by atoms with Crippen molar-refractivity contribution in [3.05, 3.63) is 29.8 Å². The lowest BCUT2D eigenvalue weighted by Gasteiger charge is -2.41. The van der Waals surface area contributed by atoms with Crippen molar-refractivity contribution in [2.24, 2.45) is 11.0 Å². The number of carbonyl (C=O) groups is 1. The number of piperidine rings is 1. The van der Waals surface area contributed by atoms with Crippen LogP contribution < -0.4 is 10.2 Å². The minimum Gasteiger partial charge on any atom is -0.490 e. The van der Waals surface area contributed by atoms with Gasteiger partial charge in [-0.2, -0.15) is 5.10 Å². The van der Waals surface area contributed by atoms with E-state index < -0.39 is 0 Å². The van der Waals surface area contributed by atoms with E-state index >= 15 is 0 Å². The van der Waals surface area contributed by atoms with E-state index in [2.05, 4.69) is 15.4 Å². The quantitative estimate of drug-likeness (QED) is 0.916. The molecule has 0 spiro atoms. The molecule has 1 saturated heterocycles. The summed E-state index contributed by atoms with van der Waals surface area (Å²) in [7, 11) is 0. The van der Waals surface area contributed by atoms with E-state index in [4.69, 9.17) is 4.74 Å². The number of nitrogens with one attached hydrogen (secondary N) is 1. The molecule has 0 radical (unpaired) electrons. The first-order chi connectivity index (χ1) is 12.2. The Morgan fingerprint density at radius 1 is 1.12 bits per heavy atom. The maximum Gasteiger partial charge on any atom is 0.240 e. The second-order valence-electron chi connectivity index (χ2n) is 7.60. The molecular weight excluding hydrogens is 314 g/mol. The highest BCUT2D eigenvalue weighted by Gasteiger charge is 2.29. The number of likely N-dealkylation sites (tertiary alicyclic amines) is 1. The van der Waals surface area contributed by atoms with Gasteiger partial charge in [-0.05, 0) is 55.5 Å². The molecular formula is C20H27N3O2. The topological polar surface area (TPSA) is 53.9 Å². The van der Waals surface area contributed by atoms with Crippen LogP contribution in [0.5, 0.6) is 5.75 Å². The molecule has 25 heavy (non-hydrogen) atoms. The van der Waals surface area contributed by atoms with Crippen LogP contribution in [-0.4, -0.2) is 41.8 Å². The van der Waals surface area contributed by atoms with Gasteiger partial charge in [0, 0.05) is 31.5 Å². The number of hydrogen-bond donors (Lipinski definition) is 1. The fraction of sp³-hybridized carbons (Fsp3) is 0.600. The van der Waals surface area contributed by atoms with Crippen molar-refractivity contribution in [2.45, 2.75) is 57.6 Å². The van der Waals surface area contributed by atoms with E-state index in [0.29, 0.717) is 12.5 Å². The third kappa shape index (κ3) is 3.71. The minimum atomic E-state index is -0.00977. The zero-order valence-corrected chi connectivity index (χ0v) is 14.9. The zero-order chi connectivity index (χ0) is 17.2. The predicted molar refractivity (Wildman–Crippen MR) is 97.8 cm³/mol. The molecule has 4 rings (SSSR count). The Morgan fingerprint density at radius 2 is 1.84 bits per heavy atom. The van der Waals surface area contributed by atoms with Gasteiger partial charge in [0.05, 0.1) is 5.71 Å². The Bertz CT molecular complexity index is 643. The summed E-state index contributed by atoms with van der Waals surface area (Å²) in [6.45, 7) is 4.38. The molecule has 134 valence electrons. The molecule has 2 aliphatic heterocycles. The summed E-state index contributed by atoms with van der Waals surface area (Å²) in [5.74, 6) is 1.07. The molecule has 1 aromatic rings. The van der Waals surface area contributed by atoms with E-state index in [1.165, 1.54) is 32.4 Å². The molecule has 0 bridgehead atoms. The second kappa shape index (κ2) is 7.16. The van der Waals surface area contributed by atoms with E-state index in [-0.39, 0.29) is 11.8 Å². The Hall–Kier alpha value is -1.88. The number of nitrogens with zero attached hydrogens (tertiary/aromatic N) is 2. The van der Waals surface area contributed by atoms with Gasteiger partial charge in [-0.15, -0.1) is 0 Å². The van der Waals surface area contributed by atoms with Crippen molar-refractivity contribution in [1.29, 1.82) is 0 Å².